The van der Waals surface area contributed by atoms with E-state index in [-0.39, 0.29) is 5.91 Å². The summed E-state index contributed by atoms with van der Waals surface area (Å²) in [5, 5.41) is 14.4. The van der Waals surface area contributed by atoms with Gasteiger partial charge >= 0.3 is 0 Å². The summed E-state index contributed by atoms with van der Waals surface area (Å²) >= 11 is 0. The molecule has 1 fully saturated rings. The van der Waals surface area contributed by atoms with Crippen molar-refractivity contribution >= 4 is 5.91 Å². The van der Waals surface area contributed by atoms with Crippen LogP contribution in [0.25, 0.3) is 0 Å². The van der Waals surface area contributed by atoms with Crippen LogP contribution in [0.1, 0.15) is 30.1 Å². The van der Waals surface area contributed by atoms with E-state index in [4.69, 9.17) is 9.47 Å². The van der Waals surface area contributed by atoms with Crippen LogP contribution in [0.5, 0.6) is 11.5 Å². The van der Waals surface area contributed by atoms with Crippen LogP contribution in [0.3, 0.4) is 0 Å². The van der Waals surface area contributed by atoms with E-state index in [0.29, 0.717) is 36.8 Å². The van der Waals surface area contributed by atoms with E-state index in [1.807, 2.05) is 35.2 Å². The Labute approximate surface area is 165 Å². The maximum Gasteiger partial charge on any atom is 0.242 e. The number of nitrogens with one attached hydrogen (secondary N) is 1. The first-order valence-corrected chi connectivity index (χ1v) is 9.86. The number of amides is 1. The molecule has 2 aliphatic heterocycles. The van der Waals surface area contributed by atoms with Crippen molar-refractivity contribution in [1.82, 2.24) is 10.2 Å². The molecule has 2 aromatic rings. The monoisotopic (exact) mass is 382 g/mol. The quantitative estimate of drug-likeness (QED) is 0.802. The van der Waals surface area contributed by atoms with Crippen LogP contribution in [-0.2, 0) is 11.3 Å². The van der Waals surface area contributed by atoms with Crippen LogP contribution in [-0.4, -0.2) is 48.3 Å². The van der Waals surface area contributed by atoms with Crippen molar-refractivity contribution in [1.29, 1.82) is 0 Å². The summed E-state index contributed by atoms with van der Waals surface area (Å²) in [5.74, 6) is 1.22. The second-order valence-electron chi connectivity index (χ2n) is 7.22. The molecule has 6 nitrogen and oxygen atoms in total. The third kappa shape index (κ3) is 4.13. The summed E-state index contributed by atoms with van der Waals surface area (Å²) in [7, 11) is 0. The average Bonchev–Trinajstić information content (AvgIpc) is 3.29. The van der Waals surface area contributed by atoms with Crippen LogP contribution < -0.4 is 14.8 Å². The van der Waals surface area contributed by atoms with Crippen molar-refractivity contribution in [2.24, 2.45) is 0 Å². The highest BCUT2D eigenvalue weighted by molar-refractivity contribution is 5.83. The number of carbonyl (C=O) groups excluding carboxylic acids is 1. The maximum absolute atomic E-state index is 13.1. The highest BCUT2D eigenvalue weighted by atomic mass is 16.6. The highest BCUT2D eigenvalue weighted by Gasteiger charge is 2.33. The number of ether oxygens (including phenoxy) is 2. The van der Waals surface area contributed by atoms with Crippen LogP contribution in [0.4, 0.5) is 0 Å². The van der Waals surface area contributed by atoms with Gasteiger partial charge in [0, 0.05) is 19.6 Å². The third-order valence-electron chi connectivity index (χ3n) is 5.28. The molecule has 2 aliphatic rings. The van der Waals surface area contributed by atoms with E-state index >= 15 is 0 Å². The molecule has 2 unspecified atom stereocenters. The molecule has 2 N–H and O–H groups in total. The molecule has 2 heterocycles. The SMILES string of the molecule is O=C(C(NCc1ccccc1)C(O)c1ccc2c(c1)OCCO2)N1CCCC1. The van der Waals surface area contributed by atoms with Crippen molar-refractivity contribution in [3.05, 3.63) is 59.7 Å². The molecule has 0 saturated carbocycles. The number of aliphatic hydroxyl groups excluding tert-OH is 1. The van der Waals surface area contributed by atoms with E-state index in [2.05, 4.69) is 5.32 Å². The minimum atomic E-state index is -0.979. The zero-order valence-corrected chi connectivity index (χ0v) is 15.8. The number of rotatable bonds is 6. The van der Waals surface area contributed by atoms with Gasteiger partial charge in [0.05, 0.1) is 0 Å². The summed E-state index contributed by atoms with van der Waals surface area (Å²) < 4.78 is 11.2. The Morgan fingerprint density at radius 2 is 1.75 bits per heavy atom. The number of nitrogens with zero attached hydrogens (tertiary/aromatic N) is 1. The van der Waals surface area contributed by atoms with E-state index < -0.39 is 12.1 Å². The van der Waals surface area contributed by atoms with Crippen molar-refractivity contribution in [3.63, 3.8) is 0 Å². The smallest absolute Gasteiger partial charge is 0.242 e. The minimum Gasteiger partial charge on any atom is -0.486 e. The van der Waals surface area contributed by atoms with E-state index in [1.165, 1.54) is 0 Å². The van der Waals surface area contributed by atoms with Crippen molar-refractivity contribution in [2.75, 3.05) is 26.3 Å². The Hall–Kier alpha value is -2.57. The molecule has 148 valence electrons. The lowest BCUT2D eigenvalue weighted by atomic mass is 10.00. The van der Waals surface area contributed by atoms with Crippen molar-refractivity contribution in [3.8, 4) is 11.5 Å². The third-order valence-corrected chi connectivity index (χ3v) is 5.28. The zero-order valence-electron chi connectivity index (χ0n) is 15.8. The number of benzene rings is 2. The molecule has 6 heteroatoms. The number of hydrogen-bond donors (Lipinski definition) is 2. The van der Waals surface area contributed by atoms with Crippen LogP contribution in [0.15, 0.2) is 48.5 Å². The molecule has 0 radical (unpaired) electrons. The zero-order chi connectivity index (χ0) is 19.3. The van der Waals surface area contributed by atoms with Crippen molar-refractivity contribution < 1.29 is 19.4 Å². The lowest BCUT2D eigenvalue weighted by Crippen LogP contribution is -2.48. The lowest BCUT2D eigenvalue weighted by Gasteiger charge is -2.29. The largest absolute Gasteiger partial charge is 0.486 e. The predicted molar refractivity (Wildman–Crippen MR) is 105 cm³/mol. The predicted octanol–water partition coefficient (Wildman–Crippen LogP) is 2.27. The fourth-order valence-electron chi connectivity index (χ4n) is 3.73. The van der Waals surface area contributed by atoms with Gasteiger partial charge in [-0.05, 0) is 36.1 Å². The first kappa shape index (κ1) is 18.8. The molecule has 0 bridgehead atoms. The van der Waals surface area contributed by atoms with E-state index in [1.54, 1.807) is 18.2 Å². The van der Waals surface area contributed by atoms with Crippen LogP contribution in [0.2, 0.25) is 0 Å². The number of aliphatic hydroxyl groups is 1. The van der Waals surface area contributed by atoms with Gasteiger partial charge in [-0.2, -0.15) is 0 Å². The fraction of sp³-hybridized carbons (Fsp3) is 0.409. The number of carbonyl (C=O) groups is 1. The Bertz CT molecular complexity index is 805. The molecule has 4 rings (SSSR count). The molecule has 0 aromatic heterocycles. The Kier molecular flexibility index (Phi) is 5.78. The molecule has 1 amide bonds. The second-order valence-corrected chi connectivity index (χ2v) is 7.22. The van der Waals surface area contributed by atoms with Gasteiger partial charge in [0.1, 0.15) is 25.4 Å². The molecule has 0 spiro atoms. The van der Waals surface area contributed by atoms with E-state index in [9.17, 15) is 9.90 Å². The molecule has 28 heavy (non-hydrogen) atoms. The van der Waals surface area contributed by atoms with Gasteiger partial charge in [-0.15, -0.1) is 0 Å². The van der Waals surface area contributed by atoms with Crippen LogP contribution >= 0.6 is 0 Å². The highest BCUT2D eigenvalue weighted by Crippen LogP contribution is 2.33. The second kappa shape index (κ2) is 8.63. The summed E-state index contributed by atoms with van der Waals surface area (Å²) in [4.78, 5) is 15.0. The number of fused-ring (bicyclic) bond motifs is 1. The molecule has 1 saturated heterocycles. The number of likely N-dealkylation sites (tertiary alicyclic amines) is 1. The topological polar surface area (TPSA) is 71.0 Å². The minimum absolute atomic E-state index is 0.0594. The normalized spacial score (nSPS) is 18.0. The van der Waals surface area contributed by atoms with Gasteiger partial charge in [0.2, 0.25) is 5.91 Å². The lowest BCUT2D eigenvalue weighted by molar-refractivity contribution is -0.135. The van der Waals surface area contributed by atoms with Gasteiger partial charge in [0.15, 0.2) is 11.5 Å². The Balaban J connectivity index is 1.55. The van der Waals surface area contributed by atoms with Gasteiger partial charge in [0.25, 0.3) is 0 Å². The summed E-state index contributed by atoms with van der Waals surface area (Å²) in [6.45, 7) is 3.00. The molecular formula is C22H26N2O4. The van der Waals surface area contributed by atoms with Crippen LogP contribution in [0, 0.1) is 0 Å². The summed E-state index contributed by atoms with van der Waals surface area (Å²) in [5.41, 5.74) is 1.71. The Morgan fingerprint density at radius 1 is 1.04 bits per heavy atom. The van der Waals surface area contributed by atoms with Gasteiger partial charge in [-0.1, -0.05) is 36.4 Å². The number of hydrogen-bond acceptors (Lipinski definition) is 5. The standard InChI is InChI=1S/C22H26N2O4/c25-21(17-8-9-18-19(14-17)28-13-12-27-18)20(22(26)24-10-4-5-11-24)23-15-16-6-2-1-3-7-16/h1-3,6-9,14,20-21,23,25H,4-5,10-13,15H2. The molecule has 0 aliphatic carbocycles. The molecule has 2 aromatic carbocycles. The van der Waals surface area contributed by atoms with E-state index in [0.717, 1.165) is 31.5 Å². The molecule has 2 atom stereocenters. The van der Waals surface area contributed by atoms with Gasteiger partial charge < -0.3 is 19.5 Å². The fourth-order valence-corrected chi connectivity index (χ4v) is 3.73. The van der Waals surface area contributed by atoms with Gasteiger partial charge in [-0.25, -0.2) is 0 Å². The first-order valence-electron chi connectivity index (χ1n) is 9.86. The van der Waals surface area contributed by atoms with Crippen molar-refractivity contribution in [2.45, 2.75) is 31.5 Å². The molecular weight excluding hydrogens is 356 g/mol. The van der Waals surface area contributed by atoms with Gasteiger partial charge in [-0.3, -0.25) is 10.1 Å². The average molecular weight is 382 g/mol. The summed E-state index contributed by atoms with van der Waals surface area (Å²) in [6.07, 6.45) is 1.04. The summed E-state index contributed by atoms with van der Waals surface area (Å²) in [6, 6.07) is 14.5. The first-order chi connectivity index (χ1) is 13.7. The maximum atomic E-state index is 13.1. The Morgan fingerprint density at radius 3 is 2.50 bits per heavy atom.